The van der Waals surface area contributed by atoms with Crippen molar-refractivity contribution in [3.8, 4) is 0 Å². The molecule has 0 aromatic heterocycles. The van der Waals surface area contributed by atoms with Gasteiger partial charge in [-0.1, -0.05) is 45.4 Å². The highest BCUT2D eigenvalue weighted by Crippen LogP contribution is 2.29. The smallest absolute Gasteiger partial charge is 0.310 e. The van der Waals surface area contributed by atoms with Gasteiger partial charge in [0.05, 0.1) is 0 Å². The molecule has 0 spiro atoms. The van der Waals surface area contributed by atoms with E-state index in [1.54, 1.807) is 21.3 Å². The number of hydrogen-bond donors (Lipinski definition) is 0. The maximum absolute atomic E-state index is 5.83. The van der Waals surface area contributed by atoms with Crippen molar-refractivity contribution >= 4 is 0 Å². The molecule has 5 nitrogen and oxygen atoms in total. The first-order valence-corrected chi connectivity index (χ1v) is 7.65. The van der Waals surface area contributed by atoms with Crippen molar-refractivity contribution < 1.29 is 23.7 Å². The minimum atomic E-state index is -1.14. The van der Waals surface area contributed by atoms with Crippen molar-refractivity contribution in [1.82, 2.24) is 0 Å². The van der Waals surface area contributed by atoms with Gasteiger partial charge in [0.25, 0.3) is 0 Å². The SMILES string of the molecule is CCCCCCCCC(OC1CO1)C(OC)(OC)OC. The van der Waals surface area contributed by atoms with Crippen LogP contribution in [0.25, 0.3) is 0 Å². The van der Waals surface area contributed by atoms with Crippen molar-refractivity contribution in [3.05, 3.63) is 0 Å². The van der Waals surface area contributed by atoms with Crippen molar-refractivity contribution in [3.63, 3.8) is 0 Å². The Labute approximate surface area is 122 Å². The van der Waals surface area contributed by atoms with E-state index >= 15 is 0 Å². The summed E-state index contributed by atoms with van der Waals surface area (Å²) >= 11 is 0. The minimum absolute atomic E-state index is 0.139. The predicted molar refractivity (Wildman–Crippen MR) is 76.4 cm³/mol. The van der Waals surface area contributed by atoms with E-state index in [1.165, 1.54) is 32.1 Å². The lowest BCUT2D eigenvalue weighted by molar-refractivity contribution is -0.397. The average Bonchev–Trinajstić information content (AvgIpc) is 3.28. The zero-order valence-corrected chi connectivity index (χ0v) is 13.4. The zero-order chi connectivity index (χ0) is 14.8. The van der Waals surface area contributed by atoms with Crippen LogP contribution in [0.1, 0.15) is 51.9 Å². The summed E-state index contributed by atoms with van der Waals surface area (Å²) in [5.41, 5.74) is 0. The van der Waals surface area contributed by atoms with E-state index in [9.17, 15) is 0 Å². The van der Waals surface area contributed by atoms with Crippen molar-refractivity contribution in [2.75, 3.05) is 27.9 Å². The van der Waals surface area contributed by atoms with Crippen molar-refractivity contribution in [1.29, 1.82) is 0 Å². The van der Waals surface area contributed by atoms with Gasteiger partial charge in [-0.05, 0) is 6.42 Å². The molecule has 1 heterocycles. The van der Waals surface area contributed by atoms with E-state index in [0.717, 1.165) is 12.8 Å². The van der Waals surface area contributed by atoms with Gasteiger partial charge in [0.2, 0.25) is 0 Å². The zero-order valence-electron chi connectivity index (χ0n) is 13.4. The summed E-state index contributed by atoms with van der Waals surface area (Å²) in [4.78, 5) is 0. The van der Waals surface area contributed by atoms with Gasteiger partial charge in [-0.15, -0.1) is 0 Å². The third-order valence-corrected chi connectivity index (χ3v) is 3.69. The summed E-state index contributed by atoms with van der Waals surface area (Å²) in [7, 11) is 4.70. The molecule has 0 saturated carbocycles. The van der Waals surface area contributed by atoms with Gasteiger partial charge in [-0.25, -0.2) is 0 Å². The molecule has 0 amide bonds. The molecule has 0 aliphatic carbocycles. The summed E-state index contributed by atoms with van der Waals surface area (Å²) < 4.78 is 27.2. The van der Waals surface area contributed by atoms with Crippen molar-refractivity contribution in [2.24, 2.45) is 0 Å². The Bertz CT molecular complexity index is 230. The van der Waals surface area contributed by atoms with Crippen LogP contribution in [0.4, 0.5) is 0 Å². The van der Waals surface area contributed by atoms with Crippen LogP contribution in [0.3, 0.4) is 0 Å². The maximum Gasteiger partial charge on any atom is 0.310 e. The maximum atomic E-state index is 5.83. The predicted octanol–water partition coefficient (Wildman–Crippen LogP) is 3.07. The molecule has 1 aliphatic rings. The first-order chi connectivity index (χ1) is 9.72. The molecule has 0 radical (unpaired) electrons. The topological polar surface area (TPSA) is 49.5 Å². The number of epoxide rings is 1. The van der Waals surface area contributed by atoms with E-state index in [-0.39, 0.29) is 12.4 Å². The van der Waals surface area contributed by atoms with Gasteiger partial charge in [0.1, 0.15) is 12.7 Å². The van der Waals surface area contributed by atoms with E-state index < -0.39 is 5.97 Å². The number of hydrogen-bond acceptors (Lipinski definition) is 5. The minimum Gasteiger partial charge on any atom is -0.345 e. The fourth-order valence-electron chi connectivity index (χ4n) is 2.38. The molecule has 0 bridgehead atoms. The van der Waals surface area contributed by atoms with Crippen LogP contribution < -0.4 is 0 Å². The lowest BCUT2D eigenvalue weighted by Crippen LogP contribution is -2.49. The molecular formula is C15H30O5. The largest absolute Gasteiger partial charge is 0.345 e. The highest BCUT2D eigenvalue weighted by molar-refractivity contribution is 4.74. The lowest BCUT2D eigenvalue weighted by atomic mass is 10.1. The van der Waals surface area contributed by atoms with Crippen LogP contribution in [0.15, 0.2) is 0 Å². The molecule has 120 valence electrons. The van der Waals surface area contributed by atoms with Gasteiger partial charge < -0.3 is 23.7 Å². The molecule has 1 rings (SSSR count). The highest BCUT2D eigenvalue weighted by atomic mass is 16.9. The van der Waals surface area contributed by atoms with Gasteiger partial charge in [-0.2, -0.15) is 0 Å². The molecule has 20 heavy (non-hydrogen) atoms. The van der Waals surface area contributed by atoms with Crippen LogP contribution in [0.2, 0.25) is 0 Å². The Morgan fingerprint density at radius 2 is 1.55 bits per heavy atom. The number of ether oxygens (including phenoxy) is 5. The summed E-state index contributed by atoms with van der Waals surface area (Å²) in [6.07, 6.45) is 7.83. The fraction of sp³-hybridized carbons (Fsp3) is 1.00. The second kappa shape index (κ2) is 9.68. The Morgan fingerprint density at radius 3 is 2.05 bits per heavy atom. The Kier molecular flexibility index (Phi) is 8.64. The van der Waals surface area contributed by atoms with E-state index in [2.05, 4.69) is 6.92 Å². The molecule has 1 fully saturated rings. The van der Waals surface area contributed by atoms with E-state index in [1.807, 2.05) is 0 Å². The third kappa shape index (κ3) is 5.66. The first-order valence-electron chi connectivity index (χ1n) is 7.65. The number of rotatable bonds is 13. The second-order valence-electron chi connectivity index (χ2n) is 5.16. The molecule has 1 aliphatic heterocycles. The number of methoxy groups -OCH3 is 3. The fourth-order valence-corrected chi connectivity index (χ4v) is 2.38. The summed E-state index contributed by atoms with van der Waals surface area (Å²) in [6, 6.07) is 0. The Morgan fingerprint density at radius 1 is 1.00 bits per heavy atom. The molecular weight excluding hydrogens is 260 g/mol. The Hall–Kier alpha value is -0.200. The third-order valence-electron chi connectivity index (χ3n) is 3.69. The first kappa shape index (κ1) is 17.9. The Balaban J connectivity index is 2.38. The van der Waals surface area contributed by atoms with Gasteiger partial charge in [0.15, 0.2) is 6.29 Å². The number of unbranched alkanes of at least 4 members (excludes halogenated alkanes) is 5. The summed E-state index contributed by atoms with van der Waals surface area (Å²) in [5, 5.41) is 0. The van der Waals surface area contributed by atoms with Gasteiger partial charge in [-0.3, -0.25) is 0 Å². The summed E-state index contributed by atoms with van der Waals surface area (Å²) in [6.45, 7) is 2.86. The quantitative estimate of drug-likeness (QED) is 0.296. The van der Waals surface area contributed by atoms with Crippen molar-refractivity contribution in [2.45, 2.75) is 70.2 Å². The highest BCUT2D eigenvalue weighted by Gasteiger charge is 2.44. The monoisotopic (exact) mass is 290 g/mol. The van der Waals surface area contributed by atoms with Crippen LogP contribution >= 0.6 is 0 Å². The van der Waals surface area contributed by atoms with Crippen LogP contribution in [-0.4, -0.2) is 46.3 Å². The molecule has 0 N–H and O–H groups in total. The molecule has 0 aromatic rings. The standard InChI is InChI=1S/C15H30O5/c1-5-6-7-8-9-10-11-13(20-14-12-19-14)15(16-2,17-3)18-4/h13-14H,5-12H2,1-4H3. The average molecular weight is 290 g/mol. The molecule has 0 aromatic carbocycles. The normalized spacial score (nSPS) is 20.1. The molecule has 2 atom stereocenters. The van der Waals surface area contributed by atoms with Crippen LogP contribution in [0.5, 0.6) is 0 Å². The lowest BCUT2D eigenvalue weighted by Gasteiger charge is -2.35. The van der Waals surface area contributed by atoms with Gasteiger partial charge in [0, 0.05) is 21.3 Å². The molecule has 2 unspecified atom stereocenters. The molecule has 5 heteroatoms. The molecule has 1 saturated heterocycles. The van der Waals surface area contributed by atoms with E-state index in [0.29, 0.717) is 6.61 Å². The van der Waals surface area contributed by atoms with Crippen LogP contribution in [0, 0.1) is 0 Å². The van der Waals surface area contributed by atoms with Gasteiger partial charge >= 0.3 is 5.97 Å². The van der Waals surface area contributed by atoms with E-state index in [4.69, 9.17) is 23.7 Å². The second-order valence-corrected chi connectivity index (χ2v) is 5.16. The van der Waals surface area contributed by atoms with Crippen LogP contribution in [-0.2, 0) is 23.7 Å². The summed E-state index contributed by atoms with van der Waals surface area (Å²) in [5.74, 6) is -1.14.